The van der Waals surface area contributed by atoms with Crippen molar-refractivity contribution in [2.45, 2.75) is 17.7 Å². The summed E-state index contributed by atoms with van der Waals surface area (Å²) in [6, 6.07) is 14.4. The van der Waals surface area contributed by atoms with Gasteiger partial charge in [0.2, 0.25) is 10.0 Å². The van der Waals surface area contributed by atoms with Gasteiger partial charge in [-0.2, -0.15) is 4.31 Å². The van der Waals surface area contributed by atoms with Crippen LogP contribution in [0.3, 0.4) is 0 Å². The summed E-state index contributed by atoms with van der Waals surface area (Å²) < 4.78 is 26.9. The van der Waals surface area contributed by atoms with Crippen molar-refractivity contribution in [2.75, 3.05) is 13.1 Å². The highest BCUT2D eigenvalue weighted by Crippen LogP contribution is 2.30. The summed E-state index contributed by atoms with van der Waals surface area (Å²) in [5, 5.41) is 0.848. The fraction of sp³-hybridized carbons (Fsp3) is 0.294. The molecule has 3 rings (SSSR count). The van der Waals surface area contributed by atoms with Gasteiger partial charge in [-0.25, -0.2) is 8.42 Å². The molecular weight excluding hydrogens is 403 g/mol. The summed E-state index contributed by atoms with van der Waals surface area (Å²) in [4.78, 5) is 0. The topological polar surface area (TPSA) is 63.4 Å². The summed E-state index contributed by atoms with van der Waals surface area (Å²) in [7, 11) is -3.48. The Balaban J connectivity index is 0.00000225. The normalized spacial score (nSPS) is 21.1. The summed E-state index contributed by atoms with van der Waals surface area (Å²) in [6.45, 7) is 0.706. The lowest BCUT2D eigenvalue weighted by atomic mass is 9.95. The van der Waals surface area contributed by atoms with Crippen molar-refractivity contribution in [1.82, 2.24) is 4.31 Å². The number of sulfonamides is 1. The van der Waals surface area contributed by atoms with Gasteiger partial charge in [0.25, 0.3) is 0 Å². The Bertz CT molecular complexity index is 811. The lowest BCUT2D eigenvalue weighted by molar-refractivity contribution is 0.469. The van der Waals surface area contributed by atoms with Gasteiger partial charge in [0.05, 0.1) is 5.75 Å². The monoisotopic (exact) mass is 420 g/mol. The largest absolute Gasteiger partial charge is 0.326 e. The minimum absolute atomic E-state index is 0. The van der Waals surface area contributed by atoms with Crippen LogP contribution in [0.2, 0.25) is 10.0 Å². The van der Waals surface area contributed by atoms with Crippen molar-refractivity contribution in [3.63, 3.8) is 0 Å². The molecule has 2 N–H and O–H groups in total. The molecule has 136 valence electrons. The van der Waals surface area contributed by atoms with Crippen LogP contribution in [-0.2, 0) is 15.8 Å². The second-order valence-electron chi connectivity index (χ2n) is 6.03. The molecule has 0 radical (unpaired) electrons. The van der Waals surface area contributed by atoms with Crippen LogP contribution in [0.15, 0.2) is 48.5 Å². The fourth-order valence-electron chi connectivity index (χ4n) is 3.07. The molecular formula is C17H19Cl3N2O2S. The van der Waals surface area contributed by atoms with Crippen LogP contribution in [0.25, 0.3) is 0 Å². The van der Waals surface area contributed by atoms with E-state index < -0.39 is 10.0 Å². The third-order valence-electron chi connectivity index (χ3n) is 4.22. The zero-order valence-electron chi connectivity index (χ0n) is 13.3. The third-order valence-corrected chi connectivity index (χ3v) is 6.44. The highest BCUT2D eigenvalue weighted by Gasteiger charge is 2.37. The van der Waals surface area contributed by atoms with E-state index in [2.05, 4.69) is 0 Å². The van der Waals surface area contributed by atoms with Crippen molar-refractivity contribution in [3.05, 3.63) is 69.7 Å². The molecule has 1 fully saturated rings. The maximum absolute atomic E-state index is 12.7. The number of benzene rings is 2. The van der Waals surface area contributed by atoms with Crippen LogP contribution in [0.5, 0.6) is 0 Å². The lowest BCUT2D eigenvalue weighted by Gasteiger charge is -2.17. The second-order valence-corrected chi connectivity index (χ2v) is 8.87. The molecule has 0 spiro atoms. The Hall–Kier alpha value is -0.820. The average molecular weight is 422 g/mol. The van der Waals surface area contributed by atoms with E-state index in [1.807, 2.05) is 30.3 Å². The minimum Gasteiger partial charge on any atom is -0.326 e. The first-order valence-electron chi connectivity index (χ1n) is 7.58. The van der Waals surface area contributed by atoms with Crippen molar-refractivity contribution in [1.29, 1.82) is 0 Å². The van der Waals surface area contributed by atoms with Crippen LogP contribution in [0.4, 0.5) is 0 Å². The van der Waals surface area contributed by atoms with Crippen molar-refractivity contribution < 1.29 is 8.42 Å². The SMILES string of the molecule is Cl.N[C@@H]1CN(S(=O)(=O)Cc2cc(Cl)cc(Cl)c2)C[C@H]1c1ccccc1. The smallest absolute Gasteiger partial charge is 0.218 e. The fourth-order valence-corrected chi connectivity index (χ4v) is 5.20. The molecule has 8 heteroatoms. The highest BCUT2D eigenvalue weighted by atomic mass is 35.5. The molecule has 1 aliphatic heterocycles. The summed E-state index contributed by atoms with van der Waals surface area (Å²) in [5.74, 6) is -0.134. The Morgan fingerprint density at radius 2 is 1.64 bits per heavy atom. The Kier molecular flexibility index (Phi) is 6.76. The van der Waals surface area contributed by atoms with E-state index in [0.717, 1.165) is 5.56 Å². The van der Waals surface area contributed by atoms with E-state index >= 15 is 0 Å². The van der Waals surface area contributed by atoms with E-state index in [4.69, 9.17) is 28.9 Å². The number of rotatable bonds is 4. The van der Waals surface area contributed by atoms with Crippen LogP contribution < -0.4 is 5.73 Å². The maximum Gasteiger partial charge on any atom is 0.218 e. The molecule has 1 aliphatic rings. The number of halogens is 3. The summed E-state index contributed by atoms with van der Waals surface area (Å²) in [6.07, 6.45) is 0. The molecule has 25 heavy (non-hydrogen) atoms. The predicted octanol–water partition coefficient (Wildman–Crippen LogP) is 3.67. The highest BCUT2D eigenvalue weighted by molar-refractivity contribution is 7.88. The molecule has 0 bridgehead atoms. The maximum atomic E-state index is 12.7. The minimum atomic E-state index is -3.48. The van der Waals surface area contributed by atoms with Gasteiger partial charge in [-0.05, 0) is 29.3 Å². The molecule has 0 saturated carbocycles. The Morgan fingerprint density at radius 3 is 2.24 bits per heavy atom. The van der Waals surface area contributed by atoms with Gasteiger partial charge in [0.1, 0.15) is 0 Å². The molecule has 1 saturated heterocycles. The van der Waals surface area contributed by atoms with Crippen molar-refractivity contribution in [2.24, 2.45) is 5.73 Å². The molecule has 4 nitrogen and oxygen atoms in total. The number of nitrogens with two attached hydrogens (primary N) is 1. The quantitative estimate of drug-likeness (QED) is 0.819. The van der Waals surface area contributed by atoms with Gasteiger partial charge in [0.15, 0.2) is 0 Å². The van der Waals surface area contributed by atoms with E-state index in [1.54, 1.807) is 18.2 Å². The standard InChI is InChI=1S/C17H18Cl2N2O2S.ClH/c18-14-6-12(7-15(19)8-14)11-24(22,23)21-9-16(17(20)10-21)13-4-2-1-3-5-13;/h1-8,16-17H,9-11,20H2;1H/t16-,17+;/m0./s1. The molecule has 2 aromatic rings. The zero-order chi connectivity index (χ0) is 17.3. The summed E-state index contributed by atoms with van der Waals surface area (Å²) in [5.41, 5.74) is 7.83. The van der Waals surface area contributed by atoms with Gasteiger partial charge in [-0.1, -0.05) is 53.5 Å². The number of hydrogen-bond acceptors (Lipinski definition) is 3. The number of hydrogen-bond donors (Lipinski definition) is 1. The van der Waals surface area contributed by atoms with Crippen LogP contribution in [0.1, 0.15) is 17.0 Å². The predicted molar refractivity (Wildman–Crippen MR) is 105 cm³/mol. The zero-order valence-corrected chi connectivity index (χ0v) is 16.5. The van der Waals surface area contributed by atoms with Crippen molar-refractivity contribution >= 4 is 45.6 Å². The first-order chi connectivity index (χ1) is 11.3. The van der Waals surface area contributed by atoms with E-state index in [0.29, 0.717) is 28.7 Å². The first kappa shape index (κ1) is 20.5. The Morgan fingerprint density at radius 1 is 1.04 bits per heavy atom. The lowest BCUT2D eigenvalue weighted by Crippen LogP contribution is -2.33. The molecule has 2 atom stereocenters. The molecule has 0 amide bonds. The van der Waals surface area contributed by atoms with Gasteiger partial charge in [0, 0.05) is 35.1 Å². The van der Waals surface area contributed by atoms with Gasteiger partial charge in [-0.3, -0.25) is 0 Å². The van der Waals surface area contributed by atoms with Gasteiger partial charge in [-0.15, -0.1) is 12.4 Å². The number of nitrogens with zero attached hydrogens (tertiary/aromatic N) is 1. The second kappa shape index (κ2) is 8.25. The molecule has 0 aliphatic carbocycles. The van der Waals surface area contributed by atoms with E-state index in [1.165, 1.54) is 4.31 Å². The molecule has 0 unspecified atom stereocenters. The average Bonchev–Trinajstić information content (AvgIpc) is 2.89. The molecule has 0 aromatic heterocycles. The Labute approximate surface area is 164 Å². The van der Waals surface area contributed by atoms with E-state index in [-0.39, 0.29) is 30.1 Å². The van der Waals surface area contributed by atoms with Crippen LogP contribution in [0, 0.1) is 0 Å². The molecule has 2 aromatic carbocycles. The summed E-state index contributed by atoms with van der Waals surface area (Å²) >= 11 is 11.9. The van der Waals surface area contributed by atoms with Gasteiger partial charge < -0.3 is 5.73 Å². The van der Waals surface area contributed by atoms with Crippen LogP contribution >= 0.6 is 35.6 Å². The van der Waals surface area contributed by atoms with Crippen molar-refractivity contribution in [3.8, 4) is 0 Å². The van der Waals surface area contributed by atoms with Crippen LogP contribution in [-0.4, -0.2) is 31.9 Å². The molecule has 1 heterocycles. The van der Waals surface area contributed by atoms with E-state index in [9.17, 15) is 8.42 Å². The third kappa shape index (κ3) is 4.88. The first-order valence-corrected chi connectivity index (χ1v) is 9.95. The van der Waals surface area contributed by atoms with Gasteiger partial charge >= 0.3 is 0 Å².